The fourth-order valence-corrected chi connectivity index (χ4v) is 1.63. The zero-order chi connectivity index (χ0) is 12.1. The Balaban J connectivity index is 1.95. The van der Waals surface area contributed by atoms with Gasteiger partial charge in [0.2, 0.25) is 0 Å². The summed E-state index contributed by atoms with van der Waals surface area (Å²) in [5.74, 6) is 0.806. The van der Waals surface area contributed by atoms with E-state index in [0.717, 1.165) is 18.1 Å². The van der Waals surface area contributed by atoms with Crippen LogP contribution in [0.15, 0.2) is 36.8 Å². The van der Waals surface area contributed by atoms with Crippen molar-refractivity contribution in [1.29, 1.82) is 0 Å². The van der Waals surface area contributed by atoms with E-state index in [0.29, 0.717) is 0 Å². The molecule has 0 saturated carbocycles. The first-order valence-electron chi connectivity index (χ1n) is 5.67. The zero-order valence-electron chi connectivity index (χ0n) is 10.1. The lowest BCUT2D eigenvalue weighted by Crippen LogP contribution is -2.19. The zero-order valence-corrected chi connectivity index (χ0v) is 10.1. The van der Waals surface area contributed by atoms with Crippen molar-refractivity contribution >= 4 is 0 Å². The Kier molecular flexibility index (Phi) is 3.77. The fraction of sp³-hybridized carbons (Fsp3) is 0.308. The van der Waals surface area contributed by atoms with Gasteiger partial charge in [-0.15, -0.1) is 0 Å². The van der Waals surface area contributed by atoms with Crippen LogP contribution in [0, 0.1) is 6.92 Å². The minimum atomic E-state index is 0.285. The molecule has 0 amide bonds. The van der Waals surface area contributed by atoms with Gasteiger partial charge in [-0.3, -0.25) is 4.98 Å². The summed E-state index contributed by atoms with van der Waals surface area (Å²) in [5, 5.41) is 3.42. The Labute approximate surface area is 101 Å². The van der Waals surface area contributed by atoms with E-state index in [1.807, 2.05) is 37.5 Å². The third-order valence-corrected chi connectivity index (χ3v) is 2.63. The van der Waals surface area contributed by atoms with Crippen molar-refractivity contribution < 1.29 is 0 Å². The first-order chi connectivity index (χ1) is 8.25. The van der Waals surface area contributed by atoms with Gasteiger partial charge >= 0.3 is 0 Å². The molecule has 0 aliphatic rings. The summed E-state index contributed by atoms with van der Waals surface area (Å²) in [7, 11) is 0. The van der Waals surface area contributed by atoms with E-state index >= 15 is 0 Å². The van der Waals surface area contributed by atoms with Crippen LogP contribution in [0.1, 0.15) is 30.0 Å². The molecule has 0 saturated heterocycles. The Bertz CT molecular complexity index is 470. The molecule has 4 heteroatoms. The van der Waals surface area contributed by atoms with E-state index in [2.05, 4.69) is 27.2 Å². The third-order valence-electron chi connectivity index (χ3n) is 2.63. The van der Waals surface area contributed by atoms with Gasteiger partial charge in [-0.2, -0.15) is 0 Å². The molecule has 2 aromatic rings. The van der Waals surface area contributed by atoms with Crippen molar-refractivity contribution in [2.45, 2.75) is 26.4 Å². The van der Waals surface area contributed by atoms with E-state index < -0.39 is 0 Å². The van der Waals surface area contributed by atoms with Crippen LogP contribution in [0.2, 0.25) is 0 Å². The summed E-state index contributed by atoms with van der Waals surface area (Å²) < 4.78 is 0. The van der Waals surface area contributed by atoms with E-state index in [1.54, 1.807) is 6.20 Å². The molecular formula is C13H16N4. The molecule has 88 valence electrons. The summed E-state index contributed by atoms with van der Waals surface area (Å²) in [6.07, 6.45) is 5.40. The van der Waals surface area contributed by atoms with Gasteiger partial charge in [0.15, 0.2) is 0 Å². The average molecular weight is 228 g/mol. The molecule has 1 N–H and O–H groups in total. The van der Waals surface area contributed by atoms with Gasteiger partial charge in [-0.25, -0.2) is 9.97 Å². The number of aromatic nitrogens is 3. The van der Waals surface area contributed by atoms with Gasteiger partial charge in [0.25, 0.3) is 0 Å². The number of aryl methyl sites for hydroxylation is 1. The van der Waals surface area contributed by atoms with Crippen molar-refractivity contribution in [2.24, 2.45) is 0 Å². The van der Waals surface area contributed by atoms with Crippen LogP contribution in [0.4, 0.5) is 0 Å². The maximum atomic E-state index is 4.35. The van der Waals surface area contributed by atoms with E-state index in [1.165, 1.54) is 5.56 Å². The molecule has 0 unspecified atom stereocenters. The predicted octanol–water partition coefficient (Wildman–Crippen LogP) is 2.03. The Morgan fingerprint density at radius 2 is 1.94 bits per heavy atom. The lowest BCUT2D eigenvalue weighted by molar-refractivity contribution is 0.565. The van der Waals surface area contributed by atoms with E-state index in [-0.39, 0.29) is 6.04 Å². The third kappa shape index (κ3) is 3.32. The van der Waals surface area contributed by atoms with Crippen LogP contribution in [-0.2, 0) is 6.54 Å². The molecule has 2 rings (SSSR count). The molecule has 0 fully saturated rings. The molecule has 1 atom stereocenters. The number of nitrogens with one attached hydrogen (secondary N) is 1. The highest BCUT2D eigenvalue weighted by Gasteiger charge is 2.04. The monoisotopic (exact) mass is 228 g/mol. The van der Waals surface area contributed by atoms with Gasteiger partial charge in [0.05, 0.1) is 5.69 Å². The highest BCUT2D eigenvalue weighted by atomic mass is 14.9. The van der Waals surface area contributed by atoms with Crippen LogP contribution in [0.3, 0.4) is 0 Å². The number of hydrogen-bond donors (Lipinski definition) is 1. The van der Waals surface area contributed by atoms with Crippen molar-refractivity contribution in [2.75, 3.05) is 0 Å². The normalized spacial score (nSPS) is 12.4. The predicted molar refractivity (Wildman–Crippen MR) is 66.3 cm³/mol. The van der Waals surface area contributed by atoms with Gasteiger partial charge in [-0.05, 0) is 37.6 Å². The molecule has 0 radical (unpaired) electrons. The SMILES string of the molecule is Cc1nccc(CN[C@@H](C)c2ccncc2)n1. The van der Waals surface area contributed by atoms with Crippen LogP contribution in [-0.4, -0.2) is 15.0 Å². The first-order valence-corrected chi connectivity index (χ1v) is 5.67. The highest BCUT2D eigenvalue weighted by molar-refractivity contribution is 5.14. The number of nitrogens with zero attached hydrogens (tertiary/aromatic N) is 3. The molecule has 2 aromatic heterocycles. The lowest BCUT2D eigenvalue weighted by Gasteiger charge is -2.13. The summed E-state index contributed by atoms with van der Waals surface area (Å²) in [5.41, 5.74) is 2.24. The first kappa shape index (κ1) is 11.7. The molecular weight excluding hydrogens is 212 g/mol. The van der Waals surface area contributed by atoms with Crippen LogP contribution in [0.5, 0.6) is 0 Å². The second kappa shape index (κ2) is 5.50. The minimum absolute atomic E-state index is 0.285. The van der Waals surface area contributed by atoms with E-state index in [4.69, 9.17) is 0 Å². The number of rotatable bonds is 4. The van der Waals surface area contributed by atoms with E-state index in [9.17, 15) is 0 Å². The molecule has 4 nitrogen and oxygen atoms in total. The van der Waals surface area contributed by atoms with Crippen LogP contribution in [0.25, 0.3) is 0 Å². The Hall–Kier alpha value is -1.81. The molecule has 0 aliphatic heterocycles. The Morgan fingerprint density at radius 3 is 2.65 bits per heavy atom. The second-order valence-corrected chi connectivity index (χ2v) is 3.98. The minimum Gasteiger partial charge on any atom is -0.305 e. The molecule has 0 aromatic carbocycles. The Morgan fingerprint density at radius 1 is 1.18 bits per heavy atom. The molecule has 0 aliphatic carbocycles. The van der Waals surface area contributed by atoms with Gasteiger partial charge in [0.1, 0.15) is 5.82 Å². The van der Waals surface area contributed by atoms with Crippen molar-refractivity contribution in [3.05, 3.63) is 53.9 Å². The molecule has 0 bridgehead atoms. The average Bonchev–Trinajstić information content (AvgIpc) is 2.37. The van der Waals surface area contributed by atoms with Crippen molar-refractivity contribution in [3.8, 4) is 0 Å². The highest BCUT2D eigenvalue weighted by Crippen LogP contribution is 2.10. The number of pyridine rings is 1. The molecule has 0 spiro atoms. The summed E-state index contributed by atoms with van der Waals surface area (Å²) in [4.78, 5) is 12.4. The van der Waals surface area contributed by atoms with Crippen molar-refractivity contribution in [1.82, 2.24) is 20.3 Å². The summed E-state index contributed by atoms with van der Waals surface area (Å²) in [6, 6.07) is 6.25. The van der Waals surface area contributed by atoms with Crippen LogP contribution < -0.4 is 5.32 Å². The maximum Gasteiger partial charge on any atom is 0.125 e. The smallest absolute Gasteiger partial charge is 0.125 e. The van der Waals surface area contributed by atoms with Crippen molar-refractivity contribution in [3.63, 3.8) is 0 Å². The van der Waals surface area contributed by atoms with Crippen LogP contribution >= 0.6 is 0 Å². The lowest BCUT2D eigenvalue weighted by atomic mass is 10.1. The summed E-state index contributed by atoms with van der Waals surface area (Å²) >= 11 is 0. The van der Waals surface area contributed by atoms with Gasteiger partial charge in [-0.1, -0.05) is 0 Å². The standard InChI is InChI=1S/C13H16N4/c1-10(12-3-6-14-7-4-12)16-9-13-5-8-15-11(2)17-13/h3-8,10,16H,9H2,1-2H3/t10-/m0/s1. The number of hydrogen-bond acceptors (Lipinski definition) is 4. The second-order valence-electron chi connectivity index (χ2n) is 3.98. The van der Waals surface area contributed by atoms with Gasteiger partial charge < -0.3 is 5.32 Å². The largest absolute Gasteiger partial charge is 0.305 e. The summed E-state index contributed by atoms with van der Waals surface area (Å²) in [6.45, 7) is 4.77. The fourth-order valence-electron chi connectivity index (χ4n) is 1.63. The maximum absolute atomic E-state index is 4.35. The molecule has 2 heterocycles. The quantitative estimate of drug-likeness (QED) is 0.870. The molecule has 17 heavy (non-hydrogen) atoms. The topological polar surface area (TPSA) is 50.7 Å². The van der Waals surface area contributed by atoms with Gasteiger partial charge in [0, 0.05) is 31.2 Å².